The maximum Gasteiger partial charge on any atom is 0.277 e. The molecule has 0 aliphatic rings. The zero-order valence-corrected chi connectivity index (χ0v) is 16.8. The standard InChI is InChI=1S/C22H16ClN3O2S/c23-17-9-7-8-16(14-17)21-24-25-22(28-21)29-15-20(27)26(18-10-3-1-4-11-18)19-12-5-2-6-13-19/h1-14H,15H2. The first-order valence-corrected chi connectivity index (χ1v) is 10.2. The minimum atomic E-state index is -0.0881. The highest BCUT2D eigenvalue weighted by molar-refractivity contribution is 7.99. The van der Waals surface area contributed by atoms with E-state index in [9.17, 15) is 4.79 Å². The van der Waals surface area contributed by atoms with Crippen LogP contribution >= 0.6 is 23.4 Å². The van der Waals surface area contributed by atoms with Gasteiger partial charge in [-0.15, -0.1) is 10.2 Å². The molecule has 0 fully saturated rings. The summed E-state index contributed by atoms with van der Waals surface area (Å²) in [5.74, 6) is 0.432. The van der Waals surface area contributed by atoms with Crippen molar-refractivity contribution in [3.8, 4) is 11.5 Å². The quantitative estimate of drug-likeness (QED) is 0.365. The van der Waals surface area contributed by atoms with Gasteiger partial charge < -0.3 is 4.42 Å². The van der Waals surface area contributed by atoms with E-state index in [2.05, 4.69) is 10.2 Å². The van der Waals surface area contributed by atoms with Crippen molar-refractivity contribution in [3.05, 3.63) is 90.0 Å². The fraction of sp³-hybridized carbons (Fsp3) is 0.0455. The van der Waals surface area contributed by atoms with Crippen LogP contribution in [0.4, 0.5) is 11.4 Å². The molecule has 0 saturated carbocycles. The van der Waals surface area contributed by atoms with E-state index in [1.54, 1.807) is 17.0 Å². The molecule has 5 nitrogen and oxygen atoms in total. The molecule has 3 aromatic carbocycles. The molecule has 144 valence electrons. The number of nitrogens with zero attached hydrogens (tertiary/aromatic N) is 3. The van der Waals surface area contributed by atoms with Crippen LogP contribution in [0, 0.1) is 0 Å². The fourth-order valence-electron chi connectivity index (χ4n) is 2.79. The predicted octanol–water partition coefficient (Wildman–Crippen LogP) is 5.85. The third-order valence-electron chi connectivity index (χ3n) is 4.08. The Labute approximate surface area is 177 Å². The molecule has 1 heterocycles. The third kappa shape index (κ3) is 4.67. The molecule has 1 aromatic heterocycles. The Morgan fingerprint density at radius 3 is 2.17 bits per heavy atom. The second-order valence-electron chi connectivity index (χ2n) is 6.07. The van der Waals surface area contributed by atoms with Gasteiger partial charge in [0.05, 0.1) is 5.75 Å². The molecule has 1 amide bonds. The number of anilines is 2. The Kier molecular flexibility index (Phi) is 5.93. The Bertz CT molecular complexity index is 1060. The fourth-order valence-corrected chi connectivity index (χ4v) is 3.59. The molecular formula is C22H16ClN3O2S. The first-order valence-electron chi connectivity index (χ1n) is 8.86. The summed E-state index contributed by atoms with van der Waals surface area (Å²) >= 11 is 7.21. The number of carbonyl (C=O) groups excluding carboxylic acids is 1. The van der Waals surface area contributed by atoms with E-state index in [4.69, 9.17) is 16.0 Å². The molecule has 0 bridgehead atoms. The normalized spacial score (nSPS) is 10.7. The number of para-hydroxylation sites is 2. The maximum atomic E-state index is 13.0. The lowest BCUT2D eigenvalue weighted by Gasteiger charge is -2.22. The van der Waals surface area contributed by atoms with Gasteiger partial charge in [0, 0.05) is 22.0 Å². The molecule has 7 heteroatoms. The summed E-state index contributed by atoms with van der Waals surface area (Å²) in [5.41, 5.74) is 2.34. The van der Waals surface area contributed by atoms with Crippen molar-refractivity contribution in [2.45, 2.75) is 5.22 Å². The lowest BCUT2D eigenvalue weighted by molar-refractivity contribution is -0.115. The van der Waals surface area contributed by atoms with Gasteiger partial charge in [-0.2, -0.15) is 0 Å². The zero-order valence-electron chi connectivity index (χ0n) is 15.2. The van der Waals surface area contributed by atoms with Crippen LogP contribution in [0.25, 0.3) is 11.5 Å². The molecule has 0 aliphatic heterocycles. The number of aromatic nitrogens is 2. The maximum absolute atomic E-state index is 13.0. The van der Waals surface area contributed by atoms with Crippen LogP contribution in [-0.4, -0.2) is 21.9 Å². The summed E-state index contributed by atoms with van der Waals surface area (Å²) in [7, 11) is 0. The number of thioether (sulfide) groups is 1. The second kappa shape index (κ2) is 8.94. The molecule has 0 spiro atoms. The summed E-state index contributed by atoms with van der Waals surface area (Å²) in [5, 5.41) is 8.99. The number of halogens is 1. The highest BCUT2D eigenvalue weighted by Crippen LogP contribution is 2.28. The van der Waals surface area contributed by atoms with E-state index < -0.39 is 0 Å². The van der Waals surface area contributed by atoms with E-state index in [-0.39, 0.29) is 11.7 Å². The van der Waals surface area contributed by atoms with Gasteiger partial charge in [0.2, 0.25) is 11.8 Å². The molecule has 0 saturated heterocycles. The predicted molar refractivity (Wildman–Crippen MR) is 115 cm³/mol. The van der Waals surface area contributed by atoms with Crippen molar-refractivity contribution in [1.29, 1.82) is 0 Å². The first-order chi connectivity index (χ1) is 14.2. The van der Waals surface area contributed by atoms with Crippen molar-refractivity contribution in [2.24, 2.45) is 0 Å². The lowest BCUT2D eigenvalue weighted by atomic mass is 10.2. The molecule has 0 atom stereocenters. The Balaban J connectivity index is 1.50. The number of hydrogen-bond acceptors (Lipinski definition) is 5. The Hall–Kier alpha value is -3.09. The lowest BCUT2D eigenvalue weighted by Crippen LogP contribution is -2.27. The van der Waals surface area contributed by atoms with E-state index in [1.165, 1.54) is 11.8 Å². The summed E-state index contributed by atoms with van der Waals surface area (Å²) in [4.78, 5) is 14.7. The zero-order chi connectivity index (χ0) is 20.1. The summed E-state index contributed by atoms with van der Waals surface area (Å²) in [6.07, 6.45) is 0. The van der Waals surface area contributed by atoms with Crippen molar-refractivity contribution in [2.75, 3.05) is 10.7 Å². The monoisotopic (exact) mass is 421 g/mol. The molecule has 29 heavy (non-hydrogen) atoms. The average Bonchev–Trinajstić information content (AvgIpc) is 3.23. The number of hydrogen-bond donors (Lipinski definition) is 0. The topological polar surface area (TPSA) is 59.2 Å². The summed E-state index contributed by atoms with van der Waals surface area (Å²) in [6.45, 7) is 0. The number of amides is 1. The first kappa shape index (κ1) is 19.2. The summed E-state index contributed by atoms with van der Waals surface area (Å²) < 4.78 is 5.68. The molecule has 0 aliphatic carbocycles. The number of benzene rings is 3. The molecule has 4 rings (SSSR count). The molecule has 4 aromatic rings. The van der Waals surface area contributed by atoms with Gasteiger partial charge in [0.15, 0.2) is 0 Å². The smallest absolute Gasteiger partial charge is 0.277 e. The molecule has 0 unspecified atom stereocenters. The van der Waals surface area contributed by atoms with Crippen molar-refractivity contribution < 1.29 is 9.21 Å². The minimum Gasteiger partial charge on any atom is -0.411 e. The van der Waals surface area contributed by atoms with Crippen LogP contribution in [-0.2, 0) is 4.79 Å². The van der Waals surface area contributed by atoms with Gasteiger partial charge in [0.25, 0.3) is 5.22 Å². The Morgan fingerprint density at radius 2 is 1.55 bits per heavy atom. The van der Waals surface area contributed by atoms with Crippen LogP contribution in [0.5, 0.6) is 0 Å². The minimum absolute atomic E-state index is 0.0881. The molecular weight excluding hydrogens is 406 g/mol. The van der Waals surface area contributed by atoms with E-state index in [0.717, 1.165) is 16.9 Å². The van der Waals surface area contributed by atoms with Crippen LogP contribution in [0.1, 0.15) is 0 Å². The highest BCUT2D eigenvalue weighted by atomic mass is 35.5. The van der Waals surface area contributed by atoms with Crippen LogP contribution in [0.15, 0.2) is 94.6 Å². The average molecular weight is 422 g/mol. The van der Waals surface area contributed by atoms with Crippen molar-refractivity contribution in [3.63, 3.8) is 0 Å². The van der Waals surface area contributed by atoms with Gasteiger partial charge in [-0.1, -0.05) is 65.8 Å². The van der Waals surface area contributed by atoms with Gasteiger partial charge in [-0.05, 0) is 42.5 Å². The van der Waals surface area contributed by atoms with Crippen molar-refractivity contribution in [1.82, 2.24) is 10.2 Å². The Morgan fingerprint density at radius 1 is 0.897 bits per heavy atom. The third-order valence-corrected chi connectivity index (χ3v) is 5.11. The summed E-state index contributed by atoms with van der Waals surface area (Å²) in [6, 6.07) is 26.2. The van der Waals surface area contributed by atoms with Gasteiger partial charge >= 0.3 is 0 Å². The van der Waals surface area contributed by atoms with E-state index >= 15 is 0 Å². The molecule has 0 radical (unpaired) electrons. The van der Waals surface area contributed by atoms with Crippen LogP contribution in [0.3, 0.4) is 0 Å². The van der Waals surface area contributed by atoms with Gasteiger partial charge in [-0.3, -0.25) is 9.69 Å². The largest absolute Gasteiger partial charge is 0.411 e. The second-order valence-corrected chi connectivity index (χ2v) is 7.44. The number of carbonyl (C=O) groups is 1. The number of rotatable bonds is 6. The van der Waals surface area contributed by atoms with Crippen LogP contribution in [0.2, 0.25) is 5.02 Å². The molecule has 0 N–H and O–H groups in total. The van der Waals surface area contributed by atoms with Crippen molar-refractivity contribution >= 4 is 40.6 Å². The van der Waals surface area contributed by atoms with Gasteiger partial charge in [-0.25, -0.2) is 0 Å². The van der Waals surface area contributed by atoms with E-state index in [0.29, 0.717) is 16.1 Å². The van der Waals surface area contributed by atoms with Crippen LogP contribution < -0.4 is 4.90 Å². The van der Waals surface area contributed by atoms with E-state index in [1.807, 2.05) is 72.8 Å². The van der Waals surface area contributed by atoms with Gasteiger partial charge in [0.1, 0.15) is 0 Å². The highest BCUT2D eigenvalue weighted by Gasteiger charge is 2.19. The SMILES string of the molecule is O=C(CSc1nnc(-c2cccc(Cl)c2)o1)N(c1ccccc1)c1ccccc1.